The number of morpholine rings is 1. The van der Waals surface area contributed by atoms with Gasteiger partial charge in [0.15, 0.2) is 0 Å². The molecular weight excluding hydrogens is 226 g/mol. The summed E-state index contributed by atoms with van der Waals surface area (Å²) in [6.07, 6.45) is 0. The van der Waals surface area contributed by atoms with Crippen LogP contribution >= 0.6 is 0 Å². The topological polar surface area (TPSA) is 37.4 Å². The molecule has 0 radical (unpaired) electrons. The quantitative estimate of drug-likeness (QED) is 0.878. The number of nitrogens with one attached hydrogen (secondary N) is 1. The Morgan fingerprint density at radius 1 is 1.39 bits per heavy atom. The van der Waals surface area contributed by atoms with Crippen LogP contribution in [0.4, 0.5) is 5.69 Å². The Morgan fingerprint density at radius 3 is 2.78 bits per heavy atom. The molecule has 4 heteroatoms. The van der Waals surface area contributed by atoms with Crippen molar-refractivity contribution < 1.29 is 4.74 Å². The van der Waals surface area contributed by atoms with Gasteiger partial charge in [0.2, 0.25) is 0 Å². The summed E-state index contributed by atoms with van der Waals surface area (Å²) in [7, 11) is 0. The van der Waals surface area contributed by atoms with Gasteiger partial charge in [-0.1, -0.05) is 6.92 Å². The minimum atomic E-state index is 0.417. The minimum Gasteiger partial charge on any atom is -0.377 e. The van der Waals surface area contributed by atoms with Crippen molar-refractivity contribution in [3.05, 3.63) is 23.5 Å². The number of aryl methyl sites for hydroxylation is 2. The highest BCUT2D eigenvalue weighted by Crippen LogP contribution is 2.21. The number of hydrogen-bond acceptors (Lipinski definition) is 4. The van der Waals surface area contributed by atoms with Crippen molar-refractivity contribution in [1.29, 1.82) is 0 Å². The highest BCUT2D eigenvalue weighted by Gasteiger charge is 2.23. The summed E-state index contributed by atoms with van der Waals surface area (Å²) >= 11 is 0. The SMILES string of the molecule is CCNCC1COCCN1c1cc(C)nc(C)c1. The van der Waals surface area contributed by atoms with Crippen molar-refractivity contribution in [2.24, 2.45) is 0 Å². The standard InChI is InChI=1S/C14H23N3O/c1-4-15-9-14-10-18-6-5-17(14)13-7-11(2)16-12(3)8-13/h7-8,14-15H,4-6,9-10H2,1-3H3. The van der Waals surface area contributed by atoms with E-state index >= 15 is 0 Å². The van der Waals surface area contributed by atoms with Gasteiger partial charge in [-0.2, -0.15) is 0 Å². The molecule has 0 aliphatic carbocycles. The van der Waals surface area contributed by atoms with Crippen molar-refractivity contribution >= 4 is 5.69 Å². The number of likely N-dealkylation sites (N-methyl/N-ethyl adjacent to an activating group) is 1. The van der Waals surface area contributed by atoms with Gasteiger partial charge in [0.1, 0.15) is 0 Å². The first kappa shape index (κ1) is 13.3. The maximum atomic E-state index is 5.59. The monoisotopic (exact) mass is 249 g/mol. The molecule has 1 fully saturated rings. The number of ether oxygens (including phenoxy) is 1. The Kier molecular flexibility index (Phi) is 4.55. The second kappa shape index (κ2) is 6.16. The summed E-state index contributed by atoms with van der Waals surface area (Å²) in [6, 6.07) is 4.74. The largest absolute Gasteiger partial charge is 0.377 e. The van der Waals surface area contributed by atoms with Crippen molar-refractivity contribution in [3.8, 4) is 0 Å². The molecular formula is C14H23N3O. The number of rotatable bonds is 4. The van der Waals surface area contributed by atoms with E-state index in [1.807, 2.05) is 0 Å². The molecule has 4 nitrogen and oxygen atoms in total. The lowest BCUT2D eigenvalue weighted by molar-refractivity contribution is 0.0939. The van der Waals surface area contributed by atoms with Gasteiger partial charge in [0.25, 0.3) is 0 Å². The fourth-order valence-electron chi connectivity index (χ4n) is 2.45. The number of anilines is 1. The van der Waals surface area contributed by atoms with E-state index in [4.69, 9.17) is 4.74 Å². The molecule has 1 aliphatic rings. The van der Waals surface area contributed by atoms with Gasteiger partial charge < -0.3 is 15.0 Å². The van der Waals surface area contributed by atoms with Crippen molar-refractivity contribution in [2.45, 2.75) is 26.8 Å². The third-order valence-corrected chi connectivity index (χ3v) is 3.26. The third kappa shape index (κ3) is 3.21. The molecule has 0 saturated carbocycles. The van der Waals surface area contributed by atoms with E-state index in [2.05, 4.69) is 48.1 Å². The Hall–Kier alpha value is -1.13. The lowest BCUT2D eigenvalue weighted by atomic mass is 10.1. The van der Waals surface area contributed by atoms with Crippen molar-refractivity contribution in [2.75, 3.05) is 37.7 Å². The molecule has 18 heavy (non-hydrogen) atoms. The zero-order valence-corrected chi connectivity index (χ0v) is 11.6. The van der Waals surface area contributed by atoms with E-state index in [0.29, 0.717) is 6.04 Å². The lowest BCUT2D eigenvalue weighted by Gasteiger charge is -2.37. The number of pyridine rings is 1. The van der Waals surface area contributed by atoms with Crippen LogP contribution in [0.1, 0.15) is 18.3 Å². The number of aromatic nitrogens is 1. The number of hydrogen-bond donors (Lipinski definition) is 1. The van der Waals surface area contributed by atoms with Crippen LogP contribution in [0.15, 0.2) is 12.1 Å². The van der Waals surface area contributed by atoms with Crippen LogP contribution < -0.4 is 10.2 Å². The maximum absolute atomic E-state index is 5.59. The molecule has 0 amide bonds. The first-order chi connectivity index (χ1) is 8.70. The molecule has 1 unspecified atom stereocenters. The first-order valence-electron chi connectivity index (χ1n) is 6.71. The summed E-state index contributed by atoms with van der Waals surface area (Å²) in [4.78, 5) is 6.88. The Balaban J connectivity index is 2.16. The smallest absolute Gasteiger partial charge is 0.0683 e. The second-order valence-electron chi connectivity index (χ2n) is 4.84. The van der Waals surface area contributed by atoms with E-state index in [1.165, 1.54) is 5.69 Å². The van der Waals surface area contributed by atoms with Gasteiger partial charge >= 0.3 is 0 Å². The van der Waals surface area contributed by atoms with Gasteiger partial charge in [0, 0.05) is 30.2 Å². The van der Waals surface area contributed by atoms with Crippen LogP contribution in [0, 0.1) is 13.8 Å². The Morgan fingerprint density at radius 2 is 2.11 bits per heavy atom. The predicted molar refractivity (Wildman–Crippen MR) is 74.2 cm³/mol. The van der Waals surface area contributed by atoms with Crippen LogP contribution in [0.5, 0.6) is 0 Å². The van der Waals surface area contributed by atoms with Gasteiger partial charge in [-0.05, 0) is 32.5 Å². The van der Waals surface area contributed by atoms with Gasteiger partial charge in [0.05, 0.1) is 19.3 Å². The van der Waals surface area contributed by atoms with Crippen LogP contribution in [-0.2, 0) is 4.74 Å². The molecule has 1 aliphatic heterocycles. The van der Waals surface area contributed by atoms with Crippen LogP contribution in [0.2, 0.25) is 0 Å². The summed E-state index contributed by atoms with van der Waals surface area (Å²) < 4.78 is 5.59. The fraction of sp³-hybridized carbons (Fsp3) is 0.643. The van der Waals surface area contributed by atoms with E-state index in [9.17, 15) is 0 Å². The molecule has 1 saturated heterocycles. The highest BCUT2D eigenvalue weighted by molar-refractivity contribution is 5.49. The summed E-state index contributed by atoms with van der Waals surface area (Å²) in [5, 5.41) is 3.41. The van der Waals surface area contributed by atoms with Crippen molar-refractivity contribution in [1.82, 2.24) is 10.3 Å². The predicted octanol–water partition coefficient (Wildman–Crippen LogP) is 1.51. The van der Waals surface area contributed by atoms with E-state index < -0.39 is 0 Å². The molecule has 2 rings (SSSR count). The summed E-state index contributed by atoms with van der Waals surface area (Å²) in [5.74, 6) is 0. The molecule has 0 bridgehead atoms. The van der Waals surface area contributed by atoms with Crippen LogP contribution in [0.3, 0.4) is 0 Å². The van der Waals surface area contributed by atoms with E-state index in [0.717, 1.165) is 44.2 Å². The average molecular weight is 249 g/mol. The highest BCUT2D eigenvalue weighted by atomic mass is 16.5. The zero-order chi connectivity index (χ0) is 13.0. The lowest BCUT2D eigenvalue weighted by Crippen LogP contribution is -2.50. The van der Waals surface area contributed by atoms with Crippen LogP contribution in [0.25, 0.3) is 0 Å². The molecule has 0 aromatic carbocycles. The first-order valence-corrected chi connectivity index (χ1v) is 6.71. The third-order valence-electron chi connectivity index (χ3n) is 3.26. The second-order valence-corrected chi connectivity index (χ2v) is 4.84. The zero-order valence-electron chi connectivity index (χ0n) is 11.6. The maximum Gasteiger partial charge on any atom is 0.0683 e. The minimum absolute atomic E-state index is 0.417. The average Bonchev–Trinajstić information content (AvgIpc) is 2.35. The molecule has 0 spiro atoms. The normalized spacial score (nSPS) is 20.2. The van der Waals surface area contributed by atoms with Gasteiger partial charge in [-0.15, -0.1) is 0 Å². The summed E-state index contributed by atoms with van der Waals surface area (Å²) in [5.41, 5.74) is 3.43. The van der Waals surface area contributed by atoms with E-state index in [1.54, 1.807) is 0 Å². The fourth-order valence-corrected chi connectivity index (χ4v) is 2.45. The van der Waals surface area contributed by atoms with Crippen molar-refractivity contribution in [3.63, 3.8) is 0 Å². The Labute approximate surface area is 109 Å². The molecule has 1 atom stereocenters. The Bertz CT molecular complexity index is 374. The summed E-state index contributed by atoms with van der Waals surface area (Å²) in [6.45, 7) is 10.8. The van der Waals surface area contributed by atoms with Gasteiger partial charge in [-0.25, -0.2) is 0 Å². The number of nitrogens with zero attached hydrogens (tertiary/aromatic N) is 2. The molecule has 2 heterocycles. The molecule has 1 aromatic heterocycles. The molecule has 1 N–H and O–H groups in total. The molecule has 1 aromatic rings. The molecule has 100 valence electrons. The van der Waals surface area contributed by atoms with E-state index in [-0.39, 0.29) is 0 Å². The van der Waals surface area contributed by atoms with Gasteiger partial charge in [-0.3, -0.25) is 4.98 Å². The van der Waals surface area contributed by atoms with Crippen LogP contribution in [-0.4, -0.2) is 43.9 Å².